The second-order valence-corrected chi connectivity index (χ2v) is 8.03. The number of halogens is 1. The van der Waals surface area contributed by atoms with E-state index in [0.29, 0.717) is 47.7 Å². The number of rotatable bonds is 4. The SMILES string of the molecule is N#CC1(c2ccc(NC(=O)c3ccn(-c4ccc(Cl)cc4)c3)cn2)CCC(O)CC1. The van der Waals surface area contributed by atoms with Crippen molar-refractivity contribution in [3.8, 4) is 11.8 Å². The maximum absolute atomic E-state index is 12.6. The molecule has 1 aromatic carbocycles. The van der Waals surface area contributed by atoms with Crippen LogP contribution in [0.1, 0.15) is 41.7 Å². The zero-order chi connectivity index (χ0) is 21.1. The van der Waals surface area contributed by atoms with Gasteiger partial charge >= 0.3 is 0 Å². The number of nitriles is 1. The summed E-state index contributed by atoms with van der Waals surface area (Å²) in [5.41, 5.74) is 2.00. The normalized spacial score (nSPS) is 21.0. The van der Waals surface area contributed by atoms with Crippen molar-refractivity contribution < 1.29 is 9.90 Å². The molecule has 6 nitrogen and oxygen atoms in total. The van der Waals surface area contributed by atoms with Crippen molar-refractivity contribution in [3.63, 3.8) is 0 Å². The van der Waals surface area contributed by atoms with E-state index in [1.165, 1.54) is 0 Å². The molecule has 1 fully saturated rings. The Morgan fingerprint density at radius 2 is 1.93 bits per heavy atom. The second kappa shape index (κ2) is 8.31. The third kappa shape index (κ3) is 4.09. The molecular formula is C23H21ClN4O2. The summed E-state index contributed by atoms with van der Waals surface area (Å²) >= 11 is 5.92. The van der Waals surface area contributed by atoms with Crippen molar-refractivity contribution >= 4 is 23.2 Å². The molecule has 2 heterocycles. The standard InChI is InChI=1S/C23H21ClN4O2/c24-17-1-4-19(5-2-17)28-12-9-16(14-28)22(30)27-18-3-6-21(26-13-18)23(15-25)10-7-20(29)8-11-23/h1-6,9,12-14,20,29H,7-8,10-11H2,(H,27,30). The molecule has 0 bridgehead atoms. The summed E-state index contributed by atoms with van der Waals surface area (Å²) in [5, 5.41) is 22.9. The van der Waals surface area contributed by atoms with Crippen LogP contribution in [0.25, 0.3) is 5.69 Å². The van der Waals surface area contributed by atoms with E-state index in [1.54, 1.807) is 42.7 Å². The zero-order valence-electron chi connectivity index (χ0n) is 16.3. The fourth-order valence-corrected chi connectivity index (χ4v) is 3.91. The largest absolute Gasteiger partial charge is 0.393 e. The Kier molecular flexibility index (Phi) is 5.58. The minimum absolute atomic E-state index is 0.243. The molecule has 1 amide bonds. The van der Waals surface area contributed by atoms with Gasteiger partial charge in [0.2, 0.25) is 0 Å². The Bertz CT molecular complexity index is 1080. The molecule has 0 spiro atoms. The molecule has 0 unspecified atom stereocenters. The number of aliphatic hydroxyl groups excluding tert-OH is 1. The van der Waals surface area contributed by atoms with Gasteiger partial charge in [0.15, 0.2) is 0 Å². The lowest BCUT2D eigenvalue weighted by atomic mass is 9.72. The van der Waals surface area contributed by atoms with E-state index in [-0.39, 0.29) is 12.0 Å². The summed E-state index contributed by atoms with van der Waals surface area (Å²) in [6.45, 7) is 0. The Balaban J connectivity index is 1.45. The zero-order valence-corrected chi connectivity index (χ0v) is 17.0. The first-order chi connectivity index (χ1) is 14.5. The van der Waals surface area contributed by atoms with E-state index in [9.17, 15) is 15.2 Å². The average Bonchev–Trinajstić information content (AvgIpc) is 3.26. The van der Waals surface area contributed by atoms with Crippen LogP contribution in [0.2, 0.25) is 5.02 Å². The number of hydrogen-bond acceptors (Lipinski definition) is 4. The fourth-order valence-electron chi connectivity index (χ4n) is 3.78. The van der Waals surface area contributed by atoms with Gasteiger partial charge in [-0.1, -0.05) is 11.6 Å². The molecule has 0 radical (unpaired) electrons. The van der Waals surface area contributed by atoms with Gasteiger partial charge < -0.3 is 15.0 Å². The number of carbonyl (C=O) groups excluding carboxylic acids is 1. The van der Waals surface area contributed by atoms with E-state index in [4.69, 9.17) is 11.6 Å². The summed E-state index contributed by atoms with van der Waals surface area (Å²) in [7, 11) is 0. The van der Waals surface area contributed by atoms with Gasteiger partial charge in [0.05, 0.1) is 40.7 Å². The molecule has 152 valence electrons. The van der Waals surface area contributed by atoms with Crippen LogP contribution in [0.5, 0.6) is 0 Å². The van der Waals surface area contributed by atoms with E-state index in [2.05, 4.69) is 16.4 Å². The lowest BCUT2D eigenvalue weighted by Crippen LogP contribution is -2.33. The van der Waals surface area contributed by atoms with Crippen LogP contribution >= 0.6 is 11.6 Å². The quantitative estimate of drug-likeness (QED) is 0.651. The molecule has 0 aliphatic heterocycles. The molecule has 7 heteroatoms. The number of carbonyl (C=O) groups is 1. The number of benzene rings is 1. The molecule has 30 heavy (non-hydrogen) atoms. The maximum atomic E-state index is 12.6. The second-order valence-electron chi connectivity index (χ2n) is 7.60. The van der Waals surface area contributed by atoms with Gasteiger partial charge in [0, 0.05) is 23.1 Å². The molecule has 4 rings (SSSR count). The first-order valence-electron chi connectivity index (χ1n) is 9.80. The Morgan fingerprint density at radius 3 is 2.57 bits per heavy atom. The third-order valence-electron chi connectivity index (χ3n) is 5.61. The van der Waals surface area contributed by atoms with Crippen LogP contribution in [0.15, 0.2) is 61.1 Å². The maximum Gasteiger partial charge on any atom is 0.257 e. The van der Waals surface area contributed by atoms with Crippen LogP contribution in [0.3, 0.4) is 0 Å². The number of pyridine rings is 1. The molecule has 1 aliphatic carbocycles. The van der Waals surface area contributed by atoms with Gasteiger partial charge in [0.25, 0.3) is 5.91 Å². The topological polar surface area (TPSA) is 90.9 Å². The van der Waals surface area contributed by atoms with Crippen LogP contribution in [0, 0.1) is 11.3 Å². The van der Waals surface area contributed by atoms with Gasteiger partial charge in [-0.2, -0.15) is 5.26 Å². The molecule has 3 aromatic rings. The number of hydrogen-bond donors (Lipinski definition) is 2. The van der Waals surface area contributed by atoms with Gasteiger partial charge in [0.1, 0.15) is 0 Å². The highest BCUT2D eigenvalue weighted by molar-refractivity contribution is 6.30. The minimum Gasteiger partial charge on any atom is -0.393 e. The average molecular weight is 421 g/mol. The number of nitrogens with one attached hydrogen (secondary N) is 1. The van der Waals surface area contributed by atoms with Crippen molar-refractivity contribution in [1.82, 2.24) is 9.55 Å². The molecule has 0 atom stereocenters. The fraction of sp³-hybridized carbons (Fsp3) is 0.261. The predicted octanol–water partition coefficient (Wildman–Crippen LogP) is 4.47. The Morgan fingerprint density at radius 1 is 1.20 bits per heavy atom. The predicted molar refractivity (Wildman–Crippen MR) is 115 cm³/mol. The Hall–Kier alpha value is -3.14. The van der Waals surface area contributed by atoms with Gasteiger partial charge in [-0.05, 0) is 68.1 Å². The highest BCUT2D eigenvalue weighted by Crippen LogP contribution is 2.38. The summed E-state index contributed by atoms with van der Waals surface area (Å²) in [6.07, 6.45) is 7.16. The lowest BCUT2D eigenvalue weighted by Gasteiger charge is -2.32. The number of nitrogens with zero attached hydrogens (tertiary/aromatic N) is 3. The molecule has 2 N–H and O–H groups in total. The molecule has 1 saturated carbocycles. The van der Waals surface area contributed by atoms with Crippen LogP contribution in [0.4, 0.5) is 5.69 Å². The van der Waals surface area contributed by atoms with Crippen molar-refractivity contribution in [3.05, 3.63) is 77.3 Å². The van der Waals surface area contributed by atoms with Crippen LogP contribution in [-0.2, 0) is 5.41 Å². The molecular weight excluding hydrogens is 400 g/mol. The van der Waals surface area contributed by atoms with E-state index in [1.807, 2.05) is 22.9 Å². The Labute approximate surface area is 179 Å². The van der Waals surface area contributed by atoms with Gasteiger partial charge in [-0.25, -0.2) is 0 Å². The number of aliphatic hydroxyl groups is 1. The first kappa shape index (κ1) is 20.1. The summed E-state index contributed by atoms with van der Waals surface area (Å²) in [6, 6.07) is 15.0. The van der Waals surface area contributed by atoms with E-state index < -0.39 is 5.41 Å². The van der Waals surface area contributed by atoms with Crippen molar-refractivity contribution in [2.24, 2.45) is 0 Å². The van der Waals surface area contributed by atoms with Crippen molar-refractivity contribution in [2.45, 2.75) is 37.2 Å². The highest BCUT2D eigenvalue weighted by Gasteiger charge is 2.37. The monoisotopic (exact) mass is 420 g/mol. The van der Waals surface area contributed by atoms with Crippen LogP contribution < -0.4 is 5.32 Å². The lowest BCUT2D eigenvalue weighted by molar-refractivity contribution is 0.102. The van der Waals surface area contributed by atoms with Crippen molar-refractivity contribution in [2.75, 3.05) is 5.32 Å². The van der Waals surface area contributed by atoms with Crippen LogP contribution in [-0.4, -0.2) is 26.7 Å². The number of amides is 1. The van der Waals surface area contributed by atoms with Crippen molar-refractivity contribution in [1.29, 1.82) is 5.26 Å². The number of aromatic nitrogens is 2. The van der Waals surface area contributed by atoms with Gasteiger partial charge in [-0.3, -0.25) is 9.78 Å². The molecule has 2 aromatic heterocycles. The summed E-state index contributed by atoms with van der Waals surface area (Å²) in [4.78, 5) is 17.0. The van der Waals surface area contributed by atoms with Gasteiger partial charge in [-0.15, -0.1) is 0 Å². The molecule has 1 aliphatic rings. The molecule has 0 saturated heterocycles. The van der Waals surface area contributed by atoms with E-state index >= 15 is 0 Å². The highest BCUT2D eigenvalue weighted by atomic mass is 35.5. The summed E-state index contributed by atoms with van der Waals surface area (Å²) < 4.78 is 1.85. The van der Waals surface area contributed by atoms with E-state index in [0.717, 1.165) is 5.69 Å². The number of anilines is 1. The first-order valence-corrected chi connectivity index (χ1v) is 10.2. The third-order valence-corrected chi connectivity index (χ3v) is 5.87. The smallest absolute Gasteiger partial charge is 0.257 e. The summed E-state index contributed by atoms with van der Waals surface area (Å²) in [5.74, 6) is -0.243. The minimum atomic E-state index is -0.669.